The van der Waals surface area contributed by atoms with Crippen LogP contribution in [0, 0.1) is 0 Å². The van der Waals surface area contributed by atoms with E-state index in [9.17, 15) is 4.79 Å². The van der Waals surface area contributed by atoms with Crippen molar-refractivity contribution in [1.82, 2.24) is 10.3 Å². The monoisotopic (exact) mass is 324 g/mol. The van der Waals surface area contributed by atoms with Gasteiger partial charge in [-0.3, -0.25) is 9.78 Å². The van der Waals surface area contributed by atoms with Gasteiger partial charge in [0.25, 0.3) is 0 Å². The summed E-state index contributed by atoms with van der Waals surface area (Å²) in [5.41, 5.74) is 1.94. The second kappa shape index (κ2) is 8.06. The van der Waals surface area contributed by atoms with Crippen LogP contribution >= 0.6 is 0 Å². The lowest BCUT2D eigenvalue weighted by atomic mass is 10.1. The van der Waals surface area contributed by atoms with Gasteiger partial charge in [0.15, 0.2) is 0 Å². The van der Waals surface area contributed by atoms with E-state index in [4.69, 9.17) is 4.74 Å². The fraction of sp³-hybridized carbons (Fsp3) is 0.400. The highest BCUT2D eigenvalue weighted by molar-refractivity contribution is 5.95. The SMILES string of the molecule is C[C@H](CC[C@H]1CCCO1)NC(=O)/C=C/c1ccnc2ccccc12. The number of hydrogen-bond acceptors (Lipinski definition) is 3. The molecule has 4 heteroatoms. The van der Waals surface area contributed by atoms with E-state index in [1.54, 1.807) is 12.3 Å². The van der Waals surface area contributed by atoms with Crippen LogP contribution in [0.5, 0.6) is 0 Å². The van der Waals surface area contributed by atoms with Crippen LogP contribution < -0.4 is 5.32 Å². The molecule has 1 saturated heterocycles. The Morgan fingerprint density at radius 1 is 1.42 bits per heavy atom. The first kappa shape index (κ1) is 16.7. The van der Waals surface area contributed by atoms with Gasteiger partial charge in [0.05, 0.1) is 11.6 Å². The number of nitrogens with one attached hydrogen (secondary N) is 1. The number of rotatable bonds is 6. The van der Waals surface area contributed by atoms with Crippen molar-refractivity contribution in [2.24, 2.45) is 0 Å². The van der Waals surface area contributed by atoms with Crippen LogP contribution in [-0.4, -0.2) is 29.6 Å². The molecule has 4 nitrogen and oxygen atoms in total. The van der Waals surface area contributed by atoms with Crippen LogP contribution in [0.4, 0.5) is 0 Å². The molecule has 0 unspecified atom stereocenters. The molecular formula is C20H24N2O2. The molecule has 1 aromatic carbocycles. The molecule has 0 radical (unpaired) electrons. The zero-order valence-corrected chi connectivity index (χ0v) is 14.1. The number of ether oxygens (including phenoxy) is 1. The topological polar surface area (TPSA) is 51.2 Å². The largest absolute Gasteiger partial charge is 0.378 e. The van der Waals surface area contributed by atoms with Crippen molar-refractivity contribution in [2.45, 2.75) is 44.8 Å². The highest BCUT2D eigenvalue weighted by Crippen LogP contribution is 2.18. The van der Waals surface area contributed by atoms with E-state index in [2.05, 4.69) is 10.3 Å². The van der Waals surface area contributed by atoms with Crippen LogP contribution in [0.1, 0.15) is 38.2 Å². The van der Waals surface area contributed by atoms with E-state index in [1.807, 2.05) is 43.3 Å². The summed E-state index contributed by atoms with van der Waals surface area (Å²) in [4.78, 5) is 16.4. The Bertz CT molecular complexity index is 715. The maximum Gasteiger partial charge on any atom is 0.244 e. The highest BCUT2D eigenvalue weighted by Gasteiger charge is 2.16. The molecular weight excluding hydrogens is 300 g/mol. The third-order valence-electron chi connectivity index (χ3n) is 4.43. The smallest absolute Gasteiger partial charge is 0.244 e. The van der Waals surface area contributed by atoms with Gasteiger partial charge in [0.2, 0.25) is 5.91 Å². The number of aromatic nitrogens is 1. The lowest BCUT2D eigenvalue weighted by Crippen LogP contribution is -2.31. The Labute approximate surface area is 142 Å². The lowest BCUT2D eigenvalue weighted by molar-refractivity contribution is -0.117. The first-order valence-electron chi connectivity index (χ1n) is 8.66. The Morgan fingerprint density at radius 2 is 2.29 bits per heavy atom. The van der Waals surface area contributed by atoms with Gasteiger partial charge in [-0.05, 0) is 56.4 Å². The predicted octanol–water partition coefficient (Wildman–Crippen LogP) is 3.71. The normalized spacial score (nSPS) is 19.0. The summed E-state index contributed by atoms with van der Waals surface area (Å²) < 4.78 is 5.62. The summed E-state index contributed by atoms with van der Waals surface area (Å²) in [5, 5.41) is 4.08. The second-order valence-electron chi connectivity index (χ2n) is 6.37. The van der Waals surface area contributed by atoms with Gasteiger partial charge < -0.3 is 10.1 Å². The number of carbonyl (C=O) groups excluding carboxylic acids is 1. The van der Waals surface area contributed by atoms with E-state index in [-0.39, 0.29) is 11.9 Å². The molecule has 0 spiro atoms. The lowest BCUT2D eigenvalue weighted by Gasteiger charge is -2.15. The molecule has 0 saturated carbocycles. The Kier molecular flexibility index (Phi) is 5.59. The van der Waals surface area contributed by atoms with Crippen LogP contribution in [-0.2, 0) is 9.53 Å². The highest BCUT2D eigenvalue weighted by atomic mass is 16.5. The number of carbonyl (C=O) groups is 1. The van der Waals surface area contributed by atoms with Gasteiger partial charge in [0.1, 0.15) is 0 Å². The van der Waals surface area contributed by atoms with Crippen LogP contribution in [0.3, 0.4) is 0 Å². The molecule has 1 aliphatic rings. The minimum absolute atomic E-state index is 0.0595. The van der Waals surface area contributed by atoms with Crippen molar-refractivity contribution in [2.75, 3.05) is 6.61 Å². The molecule has 2 aromatic rings. The number of nitrogens with zero attached hydrogens (tertiary/aromatic N) is 1. The zero-order valence-electron chi connectivity index (χ0n) is 14.1. The van der Waals surface area contributed by atoms with Crippen LogP contribution in [0.25, 0.3) is 17.0 Å². The first-order valence-corrected chi connectivity index (χ1v) is 8.66. The van der Waals surface area contributed by atoms with Crippen molar-refractivity contribution in [3.8, 4) is 0 Å². The van der Waals surface area contributed by atoms with Gasteiger partial charge in [-0.1, -0.05) is 18.2 Å². The van der Waals surface area contributed by atoms with Gasteiger partial charge in [-0.15, -0.1) is 0 Å². The third-order valence-corrected chi connectivity index (χ3v) is 4.43. The number of hydrogen-bond donors (Lipinski definition) is 1. The molecule has 0 aliphatic carbocycles. The standard InChI is InChI=1S/C20H24N2O2/c1-15(8-10-17-5-4-14-24-17)22-20(23)11-9-16-12-13-21-19-7-3-2-6-18(16)19/h2-3,6-7,9,11-13,15,17H,4-5,8,10,14H2,1H3,(H,22,23)/b11-9+/t15-,17-/m1/s1. The number of benzene rings is 1. The quantitative estimate of drug-likeness (QED) is 0.824. The number of pyridine rings is 1. The van der Waals surface area contributed by atoms with Crippen molar-refractivity contribution in [3.63, 3.8) is 0 Å². The van der Waals surface area contributed by atoms with E-state index in [0.717, 1.165) is 48.8 Å². The average molecular weight is 324 g/mol. The molecule has 3 rings (SSSR count). The Balaban J connectivity index is 1.54. The van der Waals surface area contributed by atoms with Crippen molar-refractivity contribution in [1.29, 1.82) is 0 Å². The first-order chi connectivity index (χ1) is 11.7. The third kappa shape index (κ3) is 4.42. The molecule has 1 fully saturated rings. The van der Waals surface area contributed by atoms with E-state index >= 15 is 0 Å². The number of fused-ring (bicyclic) bond motifs is 1. The minimum atomic E-state index is -0.0595. The van der Waals surface area contributed by atoms with Crippen LogP contribution in [0.15, 0.2) is 42.6 Å². The fourth-order valence-electron chi connectivity index (χ4n) is 3.10. The average Bonchev–Trinajstić information content (AvgIpc) is 3.11. The maximum absolute atomic E-state index is 12.1. The molecule has 1 aliphatic heterocycles. The molecule has 24 heavy (non-hydrogen) atoms. The van der Waals surface area contributed by atoms with Crippen molar-refractivity contribution in [3.05, 3.63) is 48.2 Å². The molecule has 1 aromatic heterocycles. The van der Waals surface area contributed by atoms with Crippen LogP contribution in [0.2, 0.25) is 0 Å². The molecule has 1 amide bonds. The summed E-state index contributed by atoms with van der Waals surface area (Å²) >= 11 is 0. The van der Waals surface area contributed by atoms with E-state index in [0.29, 0.717) is 6.10 Å². The Morgan fingerprint density at radius 3 is 3.12 bits per heavy atom. The maximum atomic E-state index is 12.1. The van der Waals surface area contributed by atoms with Crippen molar-refractivity contribution >= 4 is 22.9 Å². The summed E-state index contributed by atoms with van der Waals surface area (Å²) in [6.45, 7) is 2.93. The molecule has 0 bridgehead atoms. The summed E-state index contributed by atoms with van der Waals surface area (Å²) in [7, 11) is 0. The fourth-order valence-corrected chi connectivity index (χ4v) is 3.10. The van der Waals surface area contributed by atoms with Gasteiger partial charge in [0, 0.05) is 30.3 Å². The summed E-state index contributed by atoms with van der Waals surface area (Å²) in [6, 6.07) is 10.0. The molecule has 126 valence electrons. The van der Waals surface area contributed by atoms with Gasteiger partial charge in [-0.25, -0.2) is 0 Å². The van der Waals surface area contributed by atoms with Gasteiger partial charge in [-0.2, -0.15) is 0 Å². The summed E-state index contributed by atoms with van der Waals surface area (Å²) in [6.07, 6.45) is 9.87. The summed E-state index contributed by atoms with van der Waals surface area (Å²) in [5.74, 6) is -0.0595. The second-order valence-corrected chi connectivity index (χ2v) is 6.37. The van der Waals surface area contributed by atoms with E-state index in [1.165, 1.54) is 0 Å². The molecule has 2 heterocycles. The van der Waals surface area contributed by atoms with Crippen molar-refractivity contribution < 1.29 is 9.53 Å². The molecule has 1 N–H and O–H groups in total. The molecule has 2 atom stereocenters. The predicted molar refractivity (Wildman–Crippen MR) is 96.6 cm³/mol. The number of amides is 1. The van der Waals surface area contributed by atoms with Gasteiger partial charge >= 0.3 is 0 Å². The number of para-hydroxylation sites is 1. The minimum Gasteiger partial charge on any atom is -0.378 e. The van der Waals surface area contributed by atoms with E-state index < -0.39 is 0 Å². The zero-order chi connectivity index (χ0) is 16.8. The Hall–Kier alpha value is -2.20.